The molecule has 162 valence electrons. The molecular weight excluding hydrogens is 409 g/mol. The number of rotatable bonds is 5. The standard InChI is InChI=1S/C23H21F3N2O3/c24-23(25,26)15-4-1-3-13(11-15)21-17-6-2-5-16(17)18-12-14(7-8-19(18)28-21)22(31)27-10-9-20(29)30/h1-5,7-8,11-12,16-17,21,28H,6,9-10H2,(H,27,31)(H,29,30)/t16-,17+,21-/m0/s1. The van der Waals surface area contributed by atoms with Crippen LogP contribution < -0.4 is 10.6 Å². The van der Waals surface area contributed by atoms with Gasteiger partial charge in [-0.2, -0.15) is 13.2 Å². The molecular formula is C23H21F3N2O3. The van der Waals surface area contributed by atoms with Crippen LogP contribution in [-0.2, 0) is 11.0 Å². The summed E-state index contributed by atoms with van der Waals surface area (Å²) in [5.41, 5.74) is 2.01. The van der Waals surface area contributed by atoms with Crippen LogP contribution in [0.15, 0.2) is 54.6 Å². The van der Waals surface area contributed by atoms with Crippen LogP contribution in [0.5, 0.6) is 0 Å². The van der Waals surface area contributed by atoms with Gasteiger partial charge < -0.3 is 15.7 Å². The Morgan fingerprint density at radius 3 is 2.71 bits per heavy atom. The zero-order valence-electron chi connectivity index (χ0n) is 16.4. The van der Waals surface area contributed by atoms with Crippen molar-refractivity contribution in [2.45, 2.75) is 31.0 Å². The maximum atomic E-state index is 13.2. The van der Waals surface area contributed by atoms with E-state index in [-0.39, 0.29) is 36.8 Å². The van der Waals surface area contributed by atoms with Crippen molar-refractivity contribution in [3.8, 4) is 0 Å². The Balaban J connectivity index is 1.61. The summed E-state index contributed by atoms with van der Waals surface area (Å²) in [4.78, 5) is 23.0. The zero-order valence-corrected chi connectivity index (χ0v) is 16.4. The molecule has 0 unspecified atom stereocenters. The molecule has 1 aliphatic carbocycles. The van der Waals surface area contributed by atoms with Crippen molar-refractivity contribution in [3.63, 3.8) is 0 Å². The first-order valence-corrected chi connectivity index (χ1v) is 9.98. The normalized spacial score (nSPS) is 21.7. The van der Waals surface area contributed by atoms with E-state index < -0.39 is 17.7 Å². The SMILES string of the molecule is O=C(O)CCNC(=O)c1ccc2c(c1)[C@H]1C=CC[C@H]1[C@H](c1cccc(C(F)(F)F)c1)N2. The molecule has 8 heteroatoms. The van der Waals surface area contributed by atoms with Crippen molar-refractivity contribution in [2.75, 3.05) is 11.9 Å². The van der Waals surface area contributed by atoms with E-state index in [9.17, 15) is 22.8 Å². The summed E-state index contributed by atoms with van der Waals surface area (Å²) >= 11 is 0. The molecule has 31 heavy (non-hydrogen) atoms. The lowest BCUT2D eigenvalue weighted by Crippen LogP contribution is -2.30. The quantitative estimate of drug-likeness (QED) is 0.599. The molecule has 3 N–H and O–H groups in total. The molecule has 2 aromatic carbocycles. The summed E-state index contributed by atoms with van der Waals surface area (Å²) in [6, 6.07) is 10.3. The number of anilines is 1. The molecule has 0 bridgehead atoms. The molecule has 1 aliphatic heterocycles. The van der Waals surface area contributed by atoms with Crippen LogP contribution in [0.2, 0.25) is 0 Å². The number of nitrogens with one attached hydrogen (secondary N) is 2. The van der Waals surface area contributed by atoms with E-state index >= 15 is 0 Å². The van der Waals surface area contributed by atoms with Gasteiger partial charge in [-0.1, -0.05) is 24.3 Å². The second-order valence-corrected chi connectivity index (χ2v) is 7.80. The molecule has 0 spiro atoms. The van der Waals surface area contributed by atoms with E-state index in [0.29, 0.717) is 17.5 Å². The first-order chi connectivity index (χ1) is 14.7. The minimum absolute atomic E-state index is 0.0254. The van der Waals surface area contributed by atoms with Crippen molar-refractivity contribution in [3.05, 3.63) is 76.9 Å². The number of hydrogen-bond donors (Lipinski definition) is 3. The Kier molecular flexibility index (Phi) is 5.47. The molecule has 0 radical (unpaired) electrons. The van der Waals surface area contributed by atoms with Gasteiger partial charge in [0.1, 0.15) is 0 Å². The minimum Gasteiger partial charge on any atom is -0.481 e. The van der Waals surface area contributed by atoms with E-state index in [1.807, 2.05) is 12.2 Å². The van der Waals surface area contributed by atoms with E-state index in [0.717, 1.165) is 17.3 Å². The minimum atomic E-state index is -4.40. The van der Waals surface area contributed by atoms with Crippen molar-refractivity contribution in [1.29, 1.82) is 0 Å². The summed E-state index contributed by atoms with van der Waals surface area (Å²) in [7, 11) is 0. The number of halogens is 3. The summed E-state index contributed by atoms with van der Waals surface area (Å²) in [6.07, 6.45) is 0.208. The maximum absolute atomic E-state index is 13.2. The number of amides is 1. The van der Waals surface area contributed by atoms with Gasteiger partial charge in [-0.25, -0.2) is 0 Å². The van der Waals surface area contributed by atoms with Crippen LogP contribution in [0.4, 0.5) is 18.9 Å². The smallest absolute Gasteiger partial charge is 0.416 e. The van der Waals surface area contributed by atoms with Gasteiger partial charge in [-0.3, -0.25) is 9.59 Å². The van der Waals surface area contributed by atoms with Gasteiger partial charge in [0, 0.05) is 23.7 Å². The molecule has 5 nitrogen and oxygen atoms in total. The number of carbonyl (C=O) groups is 2. The van der Waals surface area contributed by atoms with Gasteiger partial charge >= 0.3 is 12.1 Å². The third-order valence-electron chi connectivity index (χ3n) is 5.82. The van der Waals surface area contributed by atoms with Crippen LogP contribution in [0.3, 0.4) is 0 Å². The lowest BCUT2D eigenvalue weighted by atomic mass is 9.76. The first-order valence-electron chi connectivity index (χ1n) is 9.98. The van der Waals surface area contributed by atoms with Gasteiger partial charge in [0.2, 0.25) is 0 Å². The van der Waals surface area contributed by atoms with Crippen LogP contribution in [0.25, 0.3) is 0 Å². The molecule has 2 aliphatic rings. The maximum Gasteiger partial charge on any atom is 0.416 e. The molecule has 0 fully saturated rings. The monoisotopic (exact) mass is 430 g/mol. The topological polar surface area (TPSA) is 78.4 Å². The molecule has 1 heterocycles. The van der Waals surface area contributed by atoms with Gasteiger partial charge in [0.15, 0.2) is 0 Å². The number of hydrogen-bond acceptors (Lipinski definition) is 3. The van der Waals surface area contributed by atoms with E-state index in [4.69, 9.17) is 5.11 Å². The Labute approximate surface area is 177 Å². The number of carboxylic acids is 1. The van der Waals surface area contributed by atoms with Crippen molar-refractivity contribution in [2.24, 2.45) is 5.92 Å². The number of carbonyl (C=O) groups excluding carboxylic acids is 1. The summed E-state index contributed by atoms with van der Waals surface area (Å²) in [6.45, 7) is 0.0348. The first kappa shape index (κ1) is 21.0. The highest BCUT2D eigenvalue weighted by molar-refractivity contribution is 5.95. The third kappa shape index (κ3) is 4.28. The lowest BCUT2D eigenvalue weighted by molar-refractivity contribution is -0.138. The Bertz CT molecular complexity index is 1050. The third-order valence-corrected chi connectivity index (χ3v) is 5.82. The Morgan fingerprint density at radius 1 is 1.16 bits per heavy atom. The molecule has 2 aromatic rings. The van der Waals surface area contributed by atoms with Gasteiger partial charge in [-0.05, 0) is 53.8 Å². The van der Waals surface area contributed by atoms with E-state index in [2.05, 4.69) is 10.6 Å². The molecule has 4 rings (SSSR count). The van der Waals surface area contributed by atoms with Gasteiger partial charge in [0.25, 0.3) is 5.91 Å². The van der Waals surface area contributed by atoms with Crippen LogP contribution >= 0.6 is 0 Å². The largest absolute Gasteiger partial charge is 0.481 e. The average Bonchev–Trinajstić information content (AvgIpc) is 3.22. The van der Waals surface area contributed by atoms with Crippen molar-refractivity contribution in [1.82, 2.24) is 5.32 Å². The Hall–Kier alpha value is -3.29. The van der Waals surface area contributed by atoms with Crippen LogP contribution in [0.1, 0.15) is 51.8 Å². The second-order valence-electron chi connectivity index (χ2n) is 7.80. The summed E-state index contributed by atoms with van der Waals surface area (Å²) < 4.78 is 39.6. The van der Waals surface area contributed by atoms with E-state index in [1.165, 1.54) is 12.1 Å². The van der Waals surface area contributed by atoms with Gasteiger partial charge in [-0.15, -0.1) is 0 Å². The van der Waals surface area contributed by atoms with Gasteiger partial charge in [0.05, 0.1) is 18.0 Å². The summed E-state index contributed by atoms with van der Waals surface area (Å²) in [5, 5.41) is 14.7. The predicted octanol–water partition coefficient (Wildman–Crippen LogP) is 4.74. The fraction of sp³-hybridized carbons (Fsp3) is 0.304. The average molecular weight is 430 g/mol. The number of allylic oxidation sites excluding steroid dienone is 2. The number of alkyl halides is 3. The van der Waals surface area contributed by atoms with Crippen LogP contribution in [-0.4, -0.2) is 23.5 Å². The lowest BCUT2D eigenvalue weighted by Gasteiger charge is -2.38. The molecule has 1 amide bonds. The van der Waals surface area contributed by atoms with Crippen molar-refractivity contribution >= 4 is 17.6 Å². The summed E-state index contributed by atoms with van der Waals surface area (Å²) in [5.74, 6) is -1.35. The highest BCUT2D eigenvalue weighted by Gasteiger charge is 2.39. The fourth-order valence-electron chi connectivity index (χ4n) is 4.36. The number of benzene rings is 2. The Morgan fingerprint density at radius 2 is 1.97 bits per heavy atom. The molecule has 0 saturated heterocycles. The van der Waals surface area contributed by atoms with Crippen LogP contribution in [0, 0.1) is 5.92 Å². The number of fused-ring (bicyclic) bond motifs is 3. The second kappa shape index (κ2) is 8.09. The molecule has 3 atom stereocenters. The molecule has 0 aromatic heterocycles. The zero-order chi connectivity index (χ0) is 22.2. The predicted molar refractivity (Wildman–Crippen MR) is 109 cm³/mol. The van der Waals surface area contributed by atoms with E-state index in [1.54, 1.807) is 24.3 Å². The highest BCUT2D eigenvalue weighted by atomic mass is 19.4. The fourth-order valence-corrected chi connectivity index (χ4v) is 4.36. The highest BCUT2D eigenvalue weighted by Crippen LogP contribution is 2.50. The number of aliphatic carboxylic acids is 1. The van der Waals surface area contributed by atoms with Crippen molar-refractivity contribution < 1.29 is 27.9 Å². The number of carboxylic acid groups (broad SMARTS) is 1. The molecule has 0 saturated carbocycles.